The Kier molecular flexibility index (Phi) is 4.94. The van der Waals surface area contributed by atoms with E-state index in [1.54, 1.807) is 29.3 Å². The highest BCUT2D eigenvalue weighted by Crippen LogP contribution is 2.33. The van der Waals surface area contributed by atoms with E-state index >= 15 is 0 Å². The maximum Gasteiger partial charge on any atom is 0.154 e. The molecule has 0 amide bonds. The Labute approximate surface area is 121 Å². The third-order valence-corrected chi connectivity index (χ3v) is 4.74. The van der Waals surface area contributed by atoms with Gasteiger partial charge in [0, 0.05) is 41.2 Å². The van der Waals surface area contributed by atoms with Gasteiger partial charge in [0.2, 0.25) is 0 Å². The molecule has 3 nitrogen and oxygen atoms in total. The molecule has 0 saturated carbocycles. The summed E-state index contributed by atoms with van der Waals surface area (Å²) in [6.07, 6.45) is 6.05. The number of hydrogen-bond donors (Lipinski definition) is 0. The average Bonchev–Trinajstić information content (AvgIpc) is 2.88. The predicted octanol–water partition coefficient (Wildman–Crippen LogP) is 4.34. The highest BCUT2D eigenvalue weighted by molar-refractivity contribution is 8.01. The van der Waals surface area contributed by atoms with Gasteiger partial charge in [-0.1, -0.05) is 25.6 Å². The van der Waals surface area contributed by atoms with Gasteiger partial charge in [-0.3, -0.25) is 4.98 Å². The molecule has 2 aromatic heterocycles. The lowest BCUT2D eigenvalue weighted by Gasteiger charge is -2.18. The lowest BCUT2D eigenvalue weighted by Crippen LogP contribution is -2.06. The zero-order valence-corrected chi connectivity index (χ0v) is 12.5. The van der Waals surface area contributed by atoms with Crippen LogP contribution in [0, 0.1) is 17.2 Å². The van der Waals surface area contributed by atoms with Crippen molar-refractivity contribution in [2.75, 3.05) is 0 Å². The minimum atomic E-state index is 0.245. The van der Waals surface area contributed by atoms with Gasteiger partial charge in [-0.15, -0.1) is 11.3 Å². The Morgan fingerprint density at radius 1 is 1.42 bits per heavy atom. The highest BCUT2D eigenvalue weighted by atomic mass is 32.2. The summed E-state index contributed by atoms with van der Waals surface area (Å²) < 4.78 is 1.01. The molecule has 0 fully saturated rings. The van der Waals surface area contributed by atoms with Crippen molar-refractivity contribution in [1.82, 2.24) is 9.97 Å². The number of pyridine rings is 1. The summed E-state index contributed by atoms with van der Waals surface area (Å²) in [5.41, 5.74) is 1.14. The Morgan fingerprint density at radius 2 is 2.26 bits per heavy atom. The van der Waals surface area contributed by atoms with E-state index in [9.17, 15) is 0 Å². The minimum absolute atomic E-state index is 0.245. The minimum Gasteiger partial charge on any atom is -0.263 e. The fourth-order valence-electron chi connectivity index (χ4n) is 1.89. The van der Waals surface area contributed by atoms with Gasteiger partial charge in [0.15, 0.2) is 4.34 Å². The molecule has 0 spiro atoms. The number of aromatic nitrogens is 2. The van der Waals surface area contributed by atoms with Crippen LogP contribution in [-0.4, -0.2) is 9.97 Å². The van der Waals surface area contributed by atoms with Crippen LogP contribution in [0.4, 0.5) is 0 Å². The van der Waals surface area contributed by atoms with Gasteiger partial charge in [-0.05, 0) is 17.5 Å². The van der Waals surface area contributed by atoms with Crippen LogP contribution in [0.3, 0.4) is 0 Å². The van der Waals surface area contributed by atoms with E-state index in [-0.39, 0.29) is 5.92 Å². The van der Waals surface area contributed by atoms with Crippen molar-refractivity contribution in [3.05, 3.63) is 35.6 Å². The third kappa shape index (κ3) is 3.79. The molecule has 0 bridgehead atoms. The molecular formula is C14H15N3S2. The Hall–Kier alpha value is -1.38. The number of thiazole rings is 1. The predicted molar refractivity (Wildman–Crippen MR) is 78.3 cm³/mol. The summed E-state index contributed by atoms with van der Waals surface area (Å²) in [5.74, 6) is 0.677. The van der Waals surface area contributed by atoms with Crippen LogP contribution < -0.4 is 0 Å². The molecule has 2 heterocycles. The maximum atomic E-state index is 8.94. The first-order valence-electron chi connectivity index (χ1n) is 6.10. The molecule has 19 heavy (non-hydrogen) atoms. The standard InChI is InChI=1S/C14H15N3S2/c1-10(2)13(3-4-15)11-7-12(9-16-8-11)19-14-17-5-6-18-14/h5-10,13H,3H2,1-2H3. The van der Waals surface area contributed by atoms with Crippen LogP contribution in [0.5, 0.6) is 0 Å². The number of hydrogen-bond acceptors (Lipinski definition) is 5. The van der Waals surface area contributed by atoms with Gasteiger partial charge in [-0.25, -0.2) is 4.98 Å². The molecule has 0 aliphatic rings. The van der Waals surface area contributed by atoms with Crippen molar-refractivity contribution in [3.63, 3.8) is 0 Å². The molecule has 0 N–H and O–H groups in total. The van der Waals surface area contributed by atoms with Gasteiger partial charge in [0.25, 0.3) is 0 Å². The van der Waals surface area contributed by atoms with Crippen LogP contribution in [0.2, 0.25) is 0 Å². The molecule has 1 unspecified atom stereocenters. The van der Waals surface area contributed by atoms with Crippen molar-refractivity contribution >= 4 is 23.1 Å². The average molecular weight is 289 g/mol. The summed E-state index contributed by atoms with van der Waals surface area (Å²) in [6.45, 7) is 4.28. The van der Waals surface area contributed by atoms with Gasteiger partial charge >= 0.3 is 0 Å². The first-order chi connectivity index (χ1) is 9.20. The zero-order chi connectivity index (χ0) is 13.7. The highest BCUT2D eigenvalue weighted by Gasteiger charge is 2.16. The fourth-order valence-corrected chi connectivity index (χ4v) is 3.52. The Balaban J connectivity index is 2.20. The lowest BCUT2D eigenvalue weighted by atomic mass is 9.87. The third-order valence-electron chi connectivity index (χ3n) is 2.89. The summed E-state index contributed by atoms with van der Waals surface area (Å²) in [7, 11) is 0. The number of rotatable bonds is 5. The second kappa shape index (κ2) is 6.69. The normalized spacial score (nSPS) is 12.3. The first kappa shape index (κ1) is 14.0. The van der Waals surface area contributed by atoms with Crippen LogP contribution in [0.25, 0.3) is 0 Å². The second-order valence-electron chi connectivity index (χ2n) is 4.57. The van der Waals surface area contributed by atoms with E-state index < -0.39 is 0 Å². The molecule has 0 radical (unpaired) electrons. The SMILES string of the molecule is CC(C)C(CC#N)c1cncc(Sc2nccs2)c1. The molecule has 0 aromatic carbocycles. The van der Waals surface area contributed by atoms with Crippen LogP contribution >= 0.6 is 23.1 Å². The quantitative estimate of drug-likeness (QED) is 0.821. The summed E-state index contributed by atoms with van der Waals surface area (Å²) >= 11 is 3.24. The lowest BCUT2D eigenvalue weighted by molar-refractivity contribution is 0.504. The molecule has 0 aliphatic heterocycles. The van der Waals surface area contributed by atoms with Crippen molar-refractivity contribution < 1.29 is 0 Å². The molecule has 5 heteroatoms. The molecule has 0 saturated heterocycles. The largest absolute Gasteiger partial charge is 0.263 e. The molecular weight excluding hydrogens is 274 g/mol. The molecule has 1 atom stereocenters. The smallest absolute Gasteiger partial charge is 0.154 e. The van der Waals surface area contributed by atoms with Gasteiger partial charge in [0.05, 0.1) is 6.07 Å². The van der Waals surface area contributed by atoms with Gasteiger partial charge in [0.1, 0.15) is 0 Å². The fraction of sp³-hybridized carbons (Fsp3) is 0.357. The van der Waals surface area contributed by atoms with Crippen molar-refractivity contribution in [3.8, 4) is 6.07 Å². The number of nitriles is 1. The zero-order valence-electron chi connectivity index (χ0n) is 10.9. The second-order valence-corrected chi connectivity index (χ2v) is 6.78. The van der Waals surface area contributed by atoms with Crippen molar-refractivity contribution in [2.24, 2.45) is 5.92 Å². The molecule has 2 rings (SSSR count). The first-order valence-corrected chi connectivity index (χ1v) is 7.79. The van der Waals surface area contributed by atoms with E-state index in [0.29, 0.717) is 12.3 Å². The summed E-state index contributed by atoms with van der Waals surface area (Å²) in [5, 5.41) is 10.9. The number of nitrogens with zero attached hydrogens (tertiary/aromatic N) is 3. The van der Waals surface area contributed by atoms with E-state index in [2.05, 4.69) is 36.0 Å². The Morgan fingerprint density at radius 3 is 2.89 bits per heavy atom. The van der Waals surface area contributed by atoms with Crippen LogP contribution in [0.1, 0.15) is 31.7 Å². The van der Waals surface area contributed by atoms with Gasteiger partial charge < -0.3 is 0 Å². The topological polar surface area (TPSA) is 49.6 Å². The van der Waals surface area contributed by atoms with Crippen molar-refractivity contribution in [2.45, 2.75) is 35.4 Å². The van der Waals surface area contributed by atoms with E-state index in [1.165, 1.54) is 0 Å². The van der Waals surface area contributed by atoms with Gasteiger partial charge in [-0.2, -0.15) is 5.26 Å². The van der Waals surface area contributed by atoms with Crippen molar-refractivity contribution in [1.29, 1.82) is 5.26 Å². The monoisotopic (exact) mass is 289 g/mol. The van der Waals surface area contributed by atoms with Crippen LogP contribution in [0.15, 0.2) is 39.3 Å². The molecule has 2 aromatic rings. The van der Waals surface area contributed by atoms with E-state index in [1.807, 2.05) is 17.8 Å². The molecule has 0 aliphatic carbocycles. The maximum absolute atomic E-state index is 8.94. The Bertz CT molecular complexity index is 558. The van der Waals surface area contributed by atoms with E-state index in [4.69, 9.17) is 5.26 Å². The van der Waals surface area contributed by atoms with Crippen LogP contribution in [-0.2, 0) is 0 Å². The summed E-state index contributed by atoms with van der Waals surface area (Å²) in [6, 6.07) is 4.39. The summed E-state index contributed by atoms with van der Waals surface area (Å²) in [4.78, 5) is 9.64. The van der Waals surface area contributed by atoms with E-state index in [0.717, 1.165) is 14.8 Å². The molecule has 98 valence electrons.